The molecule has 2 saturated heterocycles. The fourth-order valence-corrected chi connectivity index (χ4v) is 5.37. The second kappa shape index (κ2) is 8.11. The molecule has 6 nitrogen and oxygen atoms in total. The van der Waals surface area contributed by atoms with Crippen LogP contribution in [0.25, 0.3) is 0 Å². The van der Waals surface area contributed by atoms with Crippen molar-refractivity contribution in [3.05, 3.63) is 35.9 Å². The maximum Gasteiger partial charge on any atom is 0.407 e. The Morgan fingerprint density at radius 1 is 1.11 bits per heavy atom. The molecule has 1 N–H and O–H groups in total. The zero-order chi connectivity index (χ0) is 19.6. The van der Waals surface area contributed by atoms with E-state index in [2.05, 4.69) is 4.90 Å². The molecule has 1 aromatic rings. The van der Waals surface area contributed by atoms with Crippen LogP contribution in [0, 0.1) is 11.3 Å². The second-order valence-electron chi connectivity index (χ2n) is 8.76. The summed E-state index contributed by atoms with van der Waals surface area (Å²) in [6, 6.07) is 9.62. The molecule has 3 aliphatic rings. The van der Waals surface area contributed by atoms with Crippen LogP contribution in [0.1, 0.15) is 44.1 Å². The summed E-state index contributed by atoms with van der Waals surface area (Å²) in [6.07, 6.45) is 5.55. The molecule has 2 heterocycles. The molecular weight excluding hydrogens is 356 g/mol. The number of hydrogen-bond donors (Lipinski definition) is 1. The number of carbonyl (C=O) groups is 2. The van der Waals surface area contributed by atoms with Crippen molar-refractivity contribution in [3.8, 4) is 0 Å². The SMILES string of the molecule is O=C(OCc1ccccc1)C(C1CCCC1)N1CCC2(CCN(C(=O)O)C2)C1. The van der Waals surface area contributed by atoms with E-state index in [9.17, 15) is 14.7 Å². The van der Waals surface area contributed by atoms with E-state index in [0.717, 1.165) is 44.3 Å². The molecule has 152 valence electrons. The third-order valence-electron chi connectivity index (χ3n) is 6.88. The average molecular weight is 386 g/mol. The summed E-state index contributed by atoms with van der Waals surface area (Å²) in [5.74, 6) is 0.247. The van der Waals surface area contributed by atoms with Gasteiger partial charge in [-0.15, -0.1) is 0 Å². The Hall–Kier alpha value is -2.08. The lowest BCUT2D eigenvalue weighted by atomic mass is 9.86. The van der Waals surface area contributed by atoms with E-state index in [4.69, 9.17) is 4.74 Å². The van der Waals surface area contributed by atoms with E-state index in [-0.39, 0.29) is 17.4 Å². The zero-order valence-electron chi connectivity index (χ0n) is 16.4. The van der Waals surface area contributed by atoms with Crippen molar-refractivity contribution in [2.45, 2.75) is 51.2 Å². The highest BCUT2D eigenvalue weighted by Crippen LogP contribution is 2.42. The largest absolute Gasteiger partial charge is 0.465 e. The maximum absolute atomic E-state index is 13.1. The number of carbonyl (C=O) groups excluding carboxylic acids is 1. The first kappa shape index (κ1) is 19.2. The second-order valence-corrected chi connectivity index (χ2v) is 8.76. The van der Waals surface area contributed by atoms with Crippen LogP contribution in [0.4, 0.5) is 4.79 Å². The van der Waals surface area contributed by atoms with Crippen LogP contribution in [0.5, 0.6) is 0 Å². The predicted octanol–water partition coefficient (Wildman–Crippen LogP) is 3.36. The first-order valence-electron chi connectivity index (χ1n) is 10.5. The lowest BCUT2D eigenvalue weighted by molar-refractivity contribution is -0.153. The van der Waals surface area contributed by atoms with Gasteiger partial charge in [-0.05, 0) is 43.7 Å². The normalized spacial score (nSPS) is 26.8. The summed E-state index contributed by atoms with van der Waals surface area (Å²) < 4.78 is 5.74. The van der Waals surface area contributed by atoms with Gasteiger partial charge < -0.3 is 14.7 Å². The van der Waals surface area contributed by atoms with E-state index in [0.29, 0.717) is 25.6 Å². The predicted molar refractivity (Wildman–Crippen MR) is 105 cm³/mol. The molecule has 0 aromatic heterocycles. The first-order valence-corrected chi connectivity index (χ1v) is 10.5. The molecule has 1 amide bonds. The monoisotopic (exact) mass is 386 g/mol. The fourth-order valence-electron chi connectivity index (χ4n) is 5.37. The molecule has 6 heteroatoms. The van der Waals surface area contributed by atoms with Gasteiger partial charge in [0.05, 0.1) is 0 Å². The van der Waals surface area contributed by atoms with Gasteiger partial charge in [0, 0.05) is 25.0 Å². The molecule has 2 unspecified atom stereocenters. The molecule has 2 atom stereocenters. The fraction of sp³-hybridized carbons (Fsp3) is 0.636. The van der Waals surface area contributed by atoms with Gasteiger partial charge in [-0.25, -0.2) is 4.79 Å². The van der Waals surface area contributed by atoms with E-state index < -0.39 is 6.09 Å². The molecule has 2 aliphatic heterocycles. The highest BCUT2D eigenvalue weighted by molar-refractivity contribution is 5.76. The van der Waals surface area contributed by atoms with Crippen LogP contribution in [0.15, 0.2) is 30.3 Å². The van der Waals surface area contributed by atoms with Gasteiger partial charge in [0.2, 0.25) is 0 Å². The van der Waals surface area contributed by atoms with Crippen LogP contribution in [-0.2, 0) is 16.1 Å². The van der Waals surface area contributed by atoms with Crippen LogP contribution in [0.3, 0.4) is 0 Å². The minimum absolute atomic E-state index is 0.00888. The molecule has 1 aliphatic carbocycles. The van der Waals surface area contributed by atoms with Crippen LogP contribution in [-0.4, -0.2) is 59.2 Å². The maximum atomic E-state index is 13.1. The van der Waals surface area contributed by atoms with E-state index >= 15 is 0 Å². The number of ether oxygens (including phenoxy) is 1. The number of likely N-dealkylation sites (tertiary alicyclic amines) is 2. The van der Waals surface area contributed by atoms with Gasteiger partial charge in [-0.3, -0.25) is 9.69 Å². The number of hydrogen-bond acceptors (Lipinski definition) is 4. The lowest BCUT2D eigenvalue weighted by Crippen LogP contribution is -2.46. The van der Waals surface area contributed by atoms with Crippen LogP contribution >= 0.6 is 0 Å². The highest BCUT2D eigenvalue weighted by Gasteiger charge is 2.49. The van der Waals surface area contributed by atoms with E-state index in [1.54, 1.807) is 0 Å². The minimum atomic E-state index is -0.829. The van der Waals surface area contributed by atoms with Crippen molar-refractivity contribution in [2.75, 3.05) is 26.2 Å². The Bertz CT molecular complexity index is 704. The summed E-state index contributed by atoms with van der Waals surface area (Å²) in [7, 11) is 0. The molecule has 1 aromatic carbocycles. The highest BCUT2D eigenvalue weighted by atomic mass is 16.5. The summed E-state index contributed by atoms with van der Waals surface area (Å²) in [5, 5.41) is 9.31. The van der Waals surface area contributed by atoms with Crippen molar-refractivity contribution in [2.24, 2.45) is 11.3 Å². The van der Waals surface area contributed by atoms with Crippen molar-refractivity contribution in [1.82, 2.24) is 9.80 Å². The van der Waals surface area contributed by atoms with Crippen molar-refractivity contribution >= 4 is 12.1 Å². The van der Waals surface area contributed by atoms with E-state index in [1.807, 2.05) is 30.3 Å². The summed E-state index contributed by atoms with van der Waals surface area (Å²) in [6.45, 7) is 3.17. The Labute approximate surface area is 166 Å². The van der Waals surface area contributed by atoms with Crippen LogP contribution in [0.2, 0.25) is 0 Å². The van der Waals surface area contributed by atoms with Crippen molar-refractivity contribution < 1.29 is 19.4 Å². The van der Waals surface area contributed by atoms with Gasteiger partial charge >= 0.3 is 12.1 Å². The topological polar surface area (TPSA) is 70.1 Å². The quantitative estimate of drug-likeness (QED) is 0.786. The smallest absolute Gasteiger partial charge is 0.407 e. The number of esters is 1. The van der Waals surface area contributed by atoms with Gasteiger partial charge in [0.15, 0.2) is 0 Å². The van der Waals surface area contributed by atoms with Gasteiger partial charge in [0.1, 0.15) is 12.6 Å². The number of benzene rings is 1. The molecule has 1 saturated carbocycles. The third-order valence-corrected chi connectivity index (χ3v) is 6.88. The Morgan fingerprint density at radius 2 is 1.82 bits per heavy atom. The summed E-state index contributed by atoms with van der Waals surface area (Å²) in [5.41, 5.74) is 1.02. The van der Waals surface area contributed by atoms with E-state index in [1.165, 1.54) is 17.7 Å². The van der Waals surface area contributed by atoms with Gasteiger partial charge in [-0.2, -0.15) is 0 Å². The third kappa shape index (κ3) is 4.02. The molecule has 0 bridgehead atoms. The zero-order valence-corrected chi connectivity index (χ0v) is 16.4. The van der Waals surface area contributed by atoms with Crippen LogP contribution < -0.4 is 0 Å². The molecule has 4 rings (SSSR count). The van der Waals surface area contributed by atoms with Crippen molar-refractivity contribution in [3.63, 3.8) is 0 Å². The molecule has 1 spiro atoms. The summed E-state index contributed by atoms with van der Waals surface area (Å²) in [4.78, 5) is 28.3. The minimum Gasteiger partial charge on any atom is -0.465 e. The standard InChI is InChI=1S/C22H30N2O4/c25-20(28-14-17-6-2-1-3-7-17)19(18-8-4-5-9-18)23-12-10-22(15-23)11-13-24(16-22)21(26)27/h1-3,6-7,18-19H,4-5,8-16H2,(H,26,27). The summed E-state index contributed by atoms with van der Waals surface area (Å²) >= 11 is 0. The number of rotatable bonds is 5. The lowest BCUT2D eigenvalue weighted by Gasteiger charge is -2.32. The first-order chi connectivity index (χ1) is 13.6. The molecule has 3 fully saturated rings. The van der Waals surface area contributed by atoms with Gasteiger partial charge in [0.25, 0.3) is 0 Å². The Morgan fingerprint density at radius 3 is 2.50 bits per heavy atom. The number of nitrogens with zero attached hydrogens (tertiary/aromatic N) is 2. The molecule has 28 heavy (non-hydrogen) atoms. The van der Waals surface area contributed by atoms with Gasteiger partial charge in [-0.1, -0.05) is 43.2 Å². The van der Waals surface area contributed by atoms with Crippen molar-refractivity contribution in [1.29, 1.82) is 0 Å². The number of amides is 1. The molecular formula is C22H30N2O4. The Kier molecular flexibility index (Phi) is 5.58. The molecule has 0 radical (unpaired) electrons. The number of carboxylic acid groups (broad SMARTS) is 1. The average Bonchev–Trinajstić information content (AvgIpc) is 3.44. The Balaban J connectivity index is 1.43.